The summed E-state index contributed by atoms with van der Waals surface area (Å²) in [6.45, 7) is 1.75. The van der Waals surface area contributed by atoms with E-state index in [9.17, 15) is 5.11 Å². The molecule has 0 radical (unpaired) electrons. The molecule has 2 fully saturated rings. The van der Waals surface area contributed by atoms with Gasteiger partial charge < -0.3 is 15.2 Å². The van der Waals surface area contributed by atoms with E-state index in [0.717, 1.165) is 38.9 Å². The average Bonchev–Trinajstić information content (AvgIpc) is 2.46. The lowest BCUT2D eigenvalue weighted by molar-refractivity contribution is 0.0588. The van der Waals surface area contributed by atoms with E-state index in [1.807, 2.05) is 0 Å². The summed E-state index contributed by atoms with van der Waals surface area (Å²) in [4.78, 5) is 0. The number of aliphatic hydroxyl groups excluding tert-OH is 1. The van der Waals surface area contributed by atoms with E-state index in [2.05, 4.69) is 5.32 Å². The van der Waals surface area contributed by atoms with Gasteiger partial charge in [0.15, 0.2) is 0 Å². The first-order valence-electron chi connectivity index (χ1n) is 6.38. The summed E-state index contributed by atoms with van der Waals surface area (Å²) in [7, 11) is 0. The lowest BCUT2D eigenvalue weighted by atomic mass is 10.0. The first-order chi connectivity index (χ1) is 7.36. The molecule has 2 aliphatic rings. The number of rotatable bonds is 2. The molecule has 1 aliphatic heterocycles. The molecule has 0 aromatic heterocycles. The van der Waals surface area contributed by atoms with Crippen LogP contribution in [-0.2, 0) is 4.74 Å². The quantitative estimate of drug-likeness (QED) is 0.682. The second kappa shape index (κ2) is 5.83. The van der Waals surface area contributed by atoms with Gasteiger partial charge >= 0.3 is 0 Å². The van der Waals surface area contributed by atoms with Crippen LogP contribution in [0, 0.1) is 0 Å². The van der Waals surface area contributed by atoms with Crippen LogP contribution >= 0.6 is 0 Å². The highest BCUT2D eigenvalue weighted by Gasteiger charge is 2.24. The van der Waals surface area contributed by atoms with Crippen molar-refractivity contribution < 1.29 is 9.84 Å². The van der Waals surface area contributed by atoms with Crippen LogP contribution in [0.5, 0.6) is 0 Å². The van der Waals surface area contributed by atoms with E-state index >= 15 is 0 Å². The van der Waals surface area contributed by atoms with E-state index < -0.39 is 0 Å². The van der Waals surface area contributed by atoms with Crippen LogP contribution in [0.1, 0.15) is 44.9 Å². The van der Waals surface area contributed by atoms with Crippen molar-refractivity contribution in [1.29, 1.82) is 0 Å². The molecule has 1 heterocycles. The van der Waals surface area contributed by atoms with Gasteiger partial charge in [-0.15, -0.1) is 0 Å². The highest BCUT2D eigenvalue weighted by Crippen LogP contribution is 2.19. The Labute approximate surface area is 92.2 Å². The van der Waals surface area contributed by atoms with Gasteiger partial charge in [0.1, 0.15) is 0 Å². The summed E-state index contributed by atoms with van der Waals surface area (Å²) in [5.41, 5.74) is 0. The van der Waals surface area contributed by atoms with Gasteiger partial charge in [0.25, 0.3) is 0 Å². The minimum absolute atomic E-state index is 0.129. The molecule has 0 aromatic carbocycles. The second-order valence-corrected chi connectivity index (χ2v) is 4.87. The fourth-order valence-corrected chi connectivity index (χ4v) is 2.65. The zero-order chi connectivity index (χ0) is 10.5. The second-order valence-electron chi connectivity index (χ2n) is 4.87. The van der Waals surface area contributed by atoms with Crippen molar-refractivity contribution in [3.63, 3.8) is 0 Å². The number of nitrogens with one attached hydrogen (secondary N) is 1. The molecule has 0 bridgehead atoms. The van der Waals surface area contributed by atoms with E-state index in [-0.39, 0.29) is 6.10 Å². The van der Waals surface area contributed by atoms with E-state index in [1.54, 1.807) is 0 Å². The Hall–Kier alpha value is -0.120. The lowest BCUT2D eigenvalue weighted by Gasteiger charge is -2.30. The van der Waals surface area contributed by atoms with Gasteiger partial charge in [0, 0.05) is 25.3 Å². The molecule has 0 amide bonds. The van der Waals surface area contributed by atoms with Crippen LogP contribution in [0.25, 0.3) is 0 Å². The molecule has 1 saturated carbocycles. The smallest absolute Gasteiger partial charge is 0.0693 e. The minimum Gasteiger partial charge on any atom is -0.392 e. The van der Waals surface area contributed by atoms with Crippen molar-refractivity contribution in [2.75, 3.05) is 13.2 Å². The van der Waals surface area contributed by atoms with Crippen molar-refractivity contribution in [3.05, 3.63) is 0 Å². The Kier molecular flexibility index (Phi) is 4.42. The predicted octanol–water partition coefficient (Wildman–Crippen LogP) is 1.45. The van der Waals surface area contributed by atoms with Gasteiger partial charge in [-0.3, -0.25) is 0 Å². The number of hydrogen-bond acceptors (Lipinski definition) is 3. The first-order valence-corrected chi connectivity index (χ1v) is 6.38. The molecule has 88 valence electrons. The molecule has 3 heteroatoms. The zero-order valence-corrected chi connectivity index (χ0v) is 9.45. The molecular formula is C12H23NO2. The Morgan fingerprint density at radius 1 is 0.933 bits per heavy atom. The summed E-state index contributed by atoms with van der Waals surface area (Å²) in [6, 6.07) is 0.895. The first kappa shape index (κ1) is 11.4. The van der Waals surface area contributed by atoms with E-state index in [0.29, 0.717) is 12.1 Å². The molecule has 0 aromatic rings. The highest BCUT2D eigenvalue weighted by molar-refractivity contribution is 4.83. The molecule has 3 nitrogen and oxygen atoms in total. The summed E-state index contributed by atoms with van der Waals surface area (Å²) >= 11 is 0. The lowest BCUT2D eigenvalue weighted by Crippen LogP contribution is -2.47. The van der Waals surface area contributed by atoms with Crippen molar-refractivity contribution >= 4 is 0 Å². The standard InChI is InChI=1S/C12H23NO2/c14-12-5-3-1-2-4-11(12)13-10-6-8-15-9-7-10/h10-14H,1-9H2. The van der Waals surface area contributed by atoms with Crippen molar-refractivity contribution in [1.82, 2.24) is 5.32 Å². The van der Waals surface area contributed by atoms with Gasteiger partial charge in [-0.1, -0.05) is 19.3 Å². The fourth-order valence-electron chi connectivity index (χ4n) is 2.65. The topological polar surface area (TPSA) is 41.5 Å². The summed E-state index contributed by atoms with van der Waals surface area (Å²) in [5, 5.41) is 13.6. The van der Waals surface area contributed by atoms with Gasteiger partial charge in [-0.25, -0.2) is 0 Å². The summed E-state index contributed by atoms with van der Waals surface area (Å²) in [5.74, 6) is 0. The van der Waals surface area contributed by atoms with Crippen molar-refractivity contribution in [3.8, 4) is 0 Å². The Morgan fingerprint density at radius 3 is 2.47 bits per heavy atom. The van der Waals surface area contributed by atoms with E-state index in [4.69, 9.17) is 4.74 Å². The fraction of sp³-hybridized carbons (Fsp3) is 1.00. The van der Waals surface area contributed by atoms with Crippen molar-refractivity contribution in [2.24, 2.45) is 0 Å². The molecule has 2 N–H and O–H groups in total. The Morgan fingerprint density at radius 2 is 1.67 bits per heavy atom. The molecule has 1 aliphatic carbocycles. The minimum atomic E-state index is -0.129. The predicted molar refractivity (Wildman–Crippen MR) is 59.9 cm³/mol. The van der Waals surface area contributed by atoms with Gasteiger partial charge in [-0.2, -0.15) is 0 Å². The van der Waals surface area contributed by atoms with Crippen LogP contribution in [0.3, 0.4) is 0 Å². The van der Waals surface area contributed by atoms with Crippen LogP contribution in [0.2, 0.25) is 0 Å². The largest absolute Gasteiger partial charge is 0.392 e. The summed E-state index contributed by atoms with van der Waals surface area (Å²) < 4.78 is 5.34. The molecule has 0 spiro atoms. The van der Waals surface area contributed by atoms with Crippen LogP contribution in [0.4, 0.5) is 0 Å². The summed E-state index contributed by atoms with van der Waals surface area (Å²) in [6.07, 6.45) is 7.91. The maximum absolute atomic E-state index is 9.99. The van der Waals surface area contributed by atoms with Crippen LogP contribution in [-0.4, -0.2) is 36.5 Å². The molecule has 2 atom stereocenters. The average molecular weight is 213 g/mol. The third kappa shape index (κ3) is 3.44. The molecule has 1 saturated heterocycles. The number of aliphatic hydroxyl groups is 1. The molecular weight excluding hydrogens is 190 g/mol. The molecule has 2 unspecified atom stereocenters. The maximum Gasteiger partial charge on any atom is 0.0693 e. The van der Waals surface area contributed by atoms with Gasteiger partial charge in [0.05, 0.1) is 6.10 Å². The number of hydrogen-bond donors (Lipinski definition) is 2. The van der Waals surface area contributed by atoms with Crippen LogP contribution in [0.15, 0.2) is 0 Å². The zero-order valence-electron chi connectivity index (χ0n) is 9.45. The van der Waals surface area contributed by atoms with Gasteiger partial charge in [0.2, 0.25) is 0 Å². The van der Waals surface area contributed by atoms with Crippen molar-refractivity contribution in [2.45, 2.75) is 63.1 Å². The normalized spacial score (nSPS) is 35.0. The number of ether oxygens (including phenoxy) is 1. The van der Waals surface area contributed by atoms with E-state index in [1.165, 1.54) is 19.3 Å². The van der Waals surface area contributed by atoms with Gasteiger partial charge in [-0.05, 0) is 25.7 Å². The Balaban J connectivity index is 1.79. The molecule has 15 heavy (non-hydrogen) atoms. The molecule has 2 rings (SSSR count). The third-order valence-corrected chi connectivity index (χ3v) is 3.65. The third-order valence-electron chi connectivity index (χ3n) is 3.65. The van der Waals surface area contributed by atoms with Crippen LogP contribution < -0.4 is 5.32 Å². The Bertz CT molecular complexity index is 180. The highest BCUT2D eigenvalue weighted by atomic mass is 16.5. The monoisotopic (exact) mass is 213 g/mol. The SMILES string of the molecule is OC1CCCCCC1NC1CCOCC1. The maximum atomic E-state index is 9.99.